The lowest BCUT2D eigenvalue weighted by Crippen LogP contribution is -2.13. The molecule has 0 bridgehead atoms. The van der Waals surface area contributed by atoms with E-state index in [0.717, 1.165) is 7.11 Å². The van der Waals surface area contributed by atoms with Crippen LogP contribution in [0.4, 0.5) is 18.9 Å². The third-order valence-electron chi connectivity index (χ3n) is 1.78. The zero-order valence-electron chi connectivity index (χ0n) is 8.32. The van der Waals surface area contributed by atoms with Gasteiger partial charge in [-0.15, -0.1) is 0 Å². The fraction of sp³-hybridized carbons (Fsp3) is 0.250. The van der Waals surface area contributed by atoms with Gasteiger partial charge in [0.05, 0.1) is 12.0 Å². The maximum Gasteiger partial charge on any atom is 0.423 e. The molecule has 9 heteroatoms. The Morgan fingerprint density at radius 3 is 2.53 bits per heavy atom. The van der Waals surface area contributed by atoms with Crippen molar-refractivity contribution in [1.82, 2.24) is 4.98 Å². The molecule has 0 saturated heterocycles. The Balaban J connectivity index is 3.40. The molecule has 1 heterocycles. The summed E-state index contributed by atoms with van der Waals surface area (Å²) in [6.45, 7) is 0. The number of pyridine rings is 1. The van der Waals surface area contributed by atoms with Crippen molar-refractivity contribution in [1.29, 1.82) is 0 Å². The summed E-state index contributed by atoms with van der Waals surface area (Å²) < 4.78 is 41.6. The summed E-state index contributed by atoms with van der Waals surface area (Å²) in [6, 6.07) is 0.282. The Morgan fingerprint density at radius 1 is 1.53 bits per heavy atom. The maximum absolute atomic E-state index is 12.5. The minimum Gasteiger partial charge on any atom is -0.464 e. The van der Waals surface area contributed by atoms with E-state index in [2.05, 4.69) is 9.72 Å². The van der Waals surface area contributed by atoms with Crippen LogP contribution in [-0.2, 0) is 10.9 Å². The van der Waals surface area contributed by atoms with E-state index in [9.17, 15) is 28.1 Å². The fourth-order valence-corrected chi connectivity index (χ4v) is 1.04. The van der Waals surface area contributed by atoms with Gasteiger partial charge in [0, 0.05) is 0 Å². The van der Waals surface area contributed by atoms with Crippen LogP contribution in [0.25, 0.3) is 0 Å². The van der Waals surface area contributed by atoms with Crippen molar-refractivity contribution in [2.24, 2.45) is 0 Å². The molecule has 0 aromatic carbocycles. The third kappa shape index (κ3) is 2.68. The van der Waals surface area contributed by atoms with Crippen LogP contribution in [0.2, 0.25) is 0 Å². The number of carbonyl (C=O) groups excluding carboxylic acids is 1. The van der Waals surface area contributed by atoms with Crippen molar-refractivity contribution in [3.63, 3.8) is 0 Å². The predicted octanol–water partition coefficient (Wildman–Crippen LogP) is 1.80. The maximum atomic E-state index is 12.5. The lowest BCUT2D eigenvalue weighted by atomic mass is 10.2. The van der Waals surface area contributed by atoms with Gasteiger partial charge in [0.15, 0.2) is 0 Å². The third-order valence-corrected chi connectivity index (χ3v) is 1.78. The first-order valence-electron chi connectivity index (χ1n) is 4.07. The van der Waals surface area contributed by atoms with Gasteiger partial charge in [-0.3, -0.25) is 10.1 Å². The van der Waals surface area contributed by atoms with Gasteiger partial charge >= 0.3 is 12.1 Å². The summed E-state index contributed by atoms with van der Waals surface area (Å²) in [5.41, 5.74) is -3.41. The number of nitro groups is 1. The Bertz CT molecular complexity index is 472. The van der Waals surface area contributed by atoms with Crippen molar-refractivity contribution in [2.45, 2.75) is 6.18 Å². The molecular formula is C8H5F3N2O4. The minimum absolute atomic E-state index is 0.282. The molecule has 0 aliphatic heterocycles. The van der Waals surface area contributed by atoms with E-state index in [0.29, 0.717) is 6.20 Å². The van der Waals surface area contributed by atoms with Crippen LogP contribution in [0.3, 0.4) is 0 Å². The fourth-order valence-electron chi connectivity index (χ4n) is 1.04. The summed E-state index contributed by atoms with van der Waals surface area (Å²) in [6.07, 6.45) is -4.58. The molecule has 0 aliphatic carbocycles. The number of methoxy groups -OCH3 is 1. The molecule has 0 amide bonds. The zero-order chi connectivity index (χ0) is 13.2. The summed E-state index contributed by atoms with van der Waals surface area (Å²) in [7, 11) is 0.957. The molecule has 92 valence electrons. The minimum atomic E-state index is -4.95. The van der Waals surface area contributed by atoms with Crippen LogP contribution in [-0.4, -0.2) is 23.0 Å². The number of rotatable bonds is 2. The van der Waals surface area contributed by atoms with Gasteiger partial charge < -0.3 is 4.74 Å². The first-order valence-corrected chi connectivity index (χ1v) is 4.07. The molecule has 0 unspecified atom stereocenters. The number of hydrogen-bond donors (Lipinski definition) is 0. The van der Waals surface area contributed by atoms with E-state index in [1.807, 2.05) is 0 Å². The quantitative estimate of drug-likeness (QED) is 0.454. The molecule has 0 radical (unpaired) electrons. The number of carbonyl (C=O) groups is 1. The van der Waals surface area contributed by atoms with Crippen LogP contribution in [0, 0.1) is 10.1 Å². The molecule has 0 fully saturated rings. The first-order chi connectivity index (χ1) is 7.77. The van der Waals surface area contributed by atoms with Gasteiger partial charge in [0.1, 0.15) is 17.5 Å². The molecule has 1 aromatic rings. The van der Waals surface area contributed by atoms with Gasteiger partial charge in [-0.25, -0.2) is 9.78 Å². The van der Waals surface area contributed by atoms with Crippen LogP contribution in [0.5, 0.6) is 0 Å². The van der Waals surface area contributed by atoms with E-state index in [1.54, 1.807) is 0 Å². The lowest BCUT2D eigenvalue weighted by molar-refractivity contribution is -0.388. The second-order valence-corrected chi connectivity index (χ2v) is 2.83. The van der Waals surface area contributed by atoms with E-state index in [-0.39, 0.29) is 6.07 Å². The van der Waals surface area contributed by atoms with Crippen molar-refractivity contribution in [3.05, 3.63) is 33.6 Å². The molecule has 1 aromatic heterocycles. The zero-order valence-corrected chi connectivity index (χ0v) is 8.32. The molecule has 6 nitrogen and oxygen atoms in total. The number of hydrogen-bond acceptors (Lipinski definition) is 5. The SMILES string of the molecule is COC(=O)c1cc(C(F)(F)F)c([N+](=O)[O-])cn1. The highest BCUT2D eigenvalue weighted by atomic mass is 19.4. The summed E-state index contributed by atoms with van der Waals surface area (Å²) in [5, 5.41) is 10.4. The van der Waals surface area contributed by atoms with Crippen LogP contribution in [0.1, 0.15) is 16.1 Å². The second-order valence-electron chi connectivity index (χ2n) is 2.83. The highest BCUT2D eigenvalue weighted by molar-refractivity contribution is 5.87. The average molecular weight is 250 g/mol. The monoisotopic (exact) mass is 250 g/mol. The Kier molecular flexibility index (Phi) is 3.30. The lowest BCUT2D eigenvalue weighted by Gasteiger charge is -2.07. The van der Waals surface area contributed by atoms with Gasteiger partial charge in [-0.2, -0.15) is 13.2 Å². The molecule has 0 spiro atoms. The Morgan fingerprint density at radius 2 is 2.12 bits per heavy atom. The second kappa shape index (κ2) is 4.36. The molecule has 0 aliphatic rings. The molecule has 17 heavy (non-hydrogen) atoms. The highest BCUT2D eigenvalue weighted by Crippen LogP contribution is 2.35. The average Bonchev–Trinajstić information content (AvgIpc) is 2.25. The number of alkyl halides is 3. The summed E-state index contributed by atoms with van der Waals surface area (Å²) in [5.74, 6) is -1.11. The number of aromatic nitrogens is 1. The number of halogens is 3. The van der Waals surface area contributed by atoms with E-state index >= 15 is 0 Å². The van der Waals surface area contributed by atoms with Crippen molar-refractivity contribution >= 4 is 11.7 Å². The van der Waals surface area contributed by atoms with E-state index in [4.69, 9.17) is 0 Å². The summed E-state index contributed by atoms with van der Waals surface area (Å²) in [4.78, 5) is 23.3. The van der Waals surface area contributed by atoms with E-state index < -0.39 is 34.0 Å². The number of nitrogens with zero attached hydrogens (tertiary/aromatic N) is 2. The van der Waals surface area contributed by atoms with Gasteiger partial charge in [-0.05, 0) is 6.07 Å². The van der Waals surface area contributed by atoms with Crippen molar-refractivity contribution < 1.29 is 27.6 Å². The Labute approximate surface area is 92.2 Å². The predicted molar refractivity (Wildman–Crippen MR) is 47.2 cm³/mol. The van der Waals surface area contributed by atoms with Crippen LogP contribution in [0.15, 0.2) is 12.3 Å². The Hall–Kier alpha value is -2.19. The van der Waals surface area contributed by atoms with Crippen molar-refractivity contribution in [2.75, 3.05) is 7.11 Å². The molecule has 1 rings (SSSR count). The van der Waals surface area contributed by atoms with Gasteiger partial charge in [0.25, 0.3) is 5.69 Å². The van der Waals surface area contributed by atoms with Crippen LogP contribution < -0.4 is 0 Å². The molecular weight excluding hydrogens is 245 g/mol. The normalized spacial score (nSPS) is 11.1. The van der Waals surface area contributed by atoms with Gasteiger partial charge in [-0.1, -0.05) is 0 Å². The number of esters is 1. The van der Waals surface area contributed by atoms with E-state index in [1.165, 1.54) is 0 Å². The standard InChI is InChI=1S/C8H5F3N2O4/c1-17-7(14)5-2-4(8(9,10)11)6(3-12-5)13(15)16/h2-3H,1H3. The highest BCUT2D eigenvalue weighted by Gasteiger charge is 2.39. The first kappa shape index (κ1) is 12.9. The van der Waals surface area contributed by atoms with Gasteiger partial charge in [0.2, 0.25) is 0 Å². The molecule has 0 N–H and O–H groups in total. The van der Waals surface area contributed by atoms with Crippen molar-refractivity contribution in [3.8, 4) is 0 Å². The largest absolute Gasteiger partial charge is 0.464 e. The molecule has 0 saturated carbocycles. The number of ether oxygens (including phenoxy) is 1. The molecule has 0 atom stereocenters. The summed E-state index contributed by atoms with van der Waals surface area (Å²) >= 11 is 0. The smallest absolute Gasteiger partial charge is 0.423 e. The topological polar surface area (TPSA) is 82.3 Å². The van der Waals surface area contributed by atoms with Crippen LogP contribution >= 0.6 is 0 Å².